The van der Waals surface area contributed by atoms with E-state index in [0.717, 1.165) is 32.0 Å². The number of nitrogens with zero attached hydrogens (tertiary/aromatic N) is 4. The predicted molar refractivity (Wildman–Crippen MR) is 63.2 cm³/mol. The molecule has 0 aromatic carbocycles. The van der Waals surface area contributed by atoms with Gasteiger partial charge in [0.25, 0.3) is 5.78 Å². The topological polar surface area (TPSA) is 64.3 Å². The van der Waals surface area contributed by atoms with E-state index in [0.29, 0.717) is 16.8 Å². The van der Waals surface area contributed by atoms with E-state index >= 15 is 0 Å². The number of fused-ring (bicyclic) bond motifs is 1. The van der Waals surface area contributed by atoms with Crippen LogP contribution in [0.5, 0.6) is 0 Å². The molecule has 3 rings (SSSR count). The average molecular weight is 254 g/mol. The summed E-state index contributed by atoms with van der Waals surface area (Å²) in [6, 6.07) is 1.75. The van der Waals surface area contributed by atoms with E-state index < -0.39 is 0 Å². The lowest BCUT2D eigenvalue weighted by molar-refractivity contribution is 0.187. The Morgan fingerprint density at radius 3 is 3.35 bits per heavy atom. The lowest BCUT2D eigenvalue weighted by atomic mass is 10.1. The second-order valence-electron chi connectivity index (χ2n) is 4.05. The SMILES string of the molecule is Clc1cc(NCC2CCOC2)n2ncnc2n1. The first-order chi connectivity index (χ1) is 8.33. The van der Waals surface area contributed by atoms with Gasteiger partial charge in [0.1, 0.15) is 17.3 Å². The van der Waals surface area contributed by atoms with Crippen molar-refractivity contribution >= 4 is 23.2 Å². The van der Waals surface area contributed by atoms with Gasteiger partial charge >= 0.3 is 0 Å². The van der Waals surface area contributed by atoms with E-state index in [1.54, 1.807) is 10.6 Å². The molecule has 2 aromatic heterocycles. The minimum atomic E-state index is 0.413. The molecule has 7 heteroatoms. The van der Waals surface area contributed by atoms with Crippen molar-refractivity contribution in [3.8, 4) is 0 Å². The Labute approximate surface area is 103 Å². The molecule has 90 valence electrons. The van der Waals surface area contributed by atoms with E-state index in [2.05, 4.69) is 20.4 Å². The highest BCUT2D eigenvalue weighted by Gasteiger charge is 2.16. The lowest BCUT2D eigenvalue weighted by Crippen LogP contribution is -2.16. The maximum absolute atomic E-state index is 5.92. The molecule has 1 aliphatic rings. The van der Waals surface area contributed by atoms with Crippen molar-refractivity contribution in [3.05, 3.63) is 17.5 Å². The average Bonchev–Trinajstić information content (AvgIpc) is 2.95. The molecule has 0 amide bonds. The maximum atomic E-state index is 5.92. The van der Waals surface area contributed by atoms with E-state index in [4.69, 9.17) is 16.3 Å². The summed E-state index contributed by atoms with van der Waals surface area (Å²) in [4.78, 5) is 8.08. The van der Waals surface area contributed by atoms with Crippen molar-refractivity contribution in [2.75, 3.05) is 25.1 Å². The number of halogens is 1. The van der Waals surface area contributed by atoms with Crippen molar-refractivity contribution in [1.82, 2.24) is 19.6 Å². The number of anilines is 1. The molecule has 1 saturated heterocycles. The summed E-state index contributed by atoms with van der Waals surface area (Å²) in [5, 5.41) is 7.82. The summed E-state index contributed by atoms with van der Waals surface area (Å²) in [6.07, 6.45) is 2.55. The van der Waals surface area contributed by atoms with Crippen LogP contribution in [0.15, 0.2) is 12.4 Å². The zero-order chi connectivity index (χ0) is 11.7. The normalized spacial score (nSPS) is 19.9. The fraction of sp³-hybridized carbons (Fsp3) is 0.500. The minimum Gasteiger partial charge on any atom is -0.381 e. The molecule has 2 aromatic rings. The van der Waals surface area contributed by atoms with Gasteiger partial charge in [0.05, 0.1) is 6.61 Å². The van der Waals surface area contributed by atoms with E-state index in [1.165, 1.54) is 6.33 Å². The molecular weight excluding hydrogens is 242 g/mol. The molecule has 0 spiro atoms. The van der Waals surface area contributed by atoms with Gasteiger partial charge in [-0.05, 0) is 6.42 Å². The largest absolute Gasteiger partial charge is 0.381 e. The number of hydrogen-bond donors (Lipinski definition) is 1. The molecular formula is C10H12ClN5O. The Balaban J connectivity index is 1.81. The first kappa shape index (κ1) is 10.7. The van der Waals surface area contributed by atoms with Crippen molar-refractivity contribution < 1.29 is 4.74 Å². The molecule has 1 aliphatic heterocycles. The highest BCUT2D eigenvalue weighted by molar-refractivity contribution is 6.29. The third kappa shape index (κ3) is 2.18. The van der Waals surface area contributed by atoms with Gasteiger partial charge in [-0.1, -0.05) is 11.6 Å². The zero-order valence-electron chi connectivity index (χ0n) is 9.14. The first-order valence-electron chi connectivity index (χ1n) is 5.51. The molecule has 0 saturated carbocycles. The molecule has 17 heavy (non-hydrogen) atoms. The van der Waals surface area contributed by atoms with Crippen molar-refractivity contribution in [1.29, 1.82) is 0 Å². The highest BCUT2D eigenvalue weighted by atomic mass is 35.5. The minimum absolute atomic E-state index is 0.413. The maximum Gasteiger partial charge on any atom is 0.255 e. The number of aromatic nitrogens is 4. The Morgan fingerprint density at radius 2 is 2.53 bits per heavy atom. The summed E-state index contributed by atoms with van der Waals surface area (Å²) in [5.41, 5.74) is 0. The second kappa shape index (κ2) is 4.46. The number of nitrogens with one attached hydrogen (secondary N) is 1. The summed E-state index contributed by atoms with van der Waals surface area (Å²) in [5.74, 6) is 1.85. The second-order valence-corrected chi connectivity index (χ2v) is 4.43. The zero-order valence-corrected chi connectivity index (χ0v) is 9.89. The monoisotopic (exact) mass is 253 g/mol. The molecule has 1 N–H and O–H groups in total. The fourth-order valence-corrected chi connectivity index (χ4v) is 2.08. The quantitative estimate of drug-likeness (QED) is 0.834. The molecule has 1 fully saturated rings. The smallest absolute Gasteiger partial charge is 0.255 e. The van der Waals surface area contributed by atoms with Crippen molar-refractivity contribution in [3.63, 3.8) is 0 Å². The first-order valence-corrected chi connectivity index (χ1v) is 5.88. The van der Waals surface area contributed by atoms with E-state index in [9.17, 15) is 0 Å². The number of hydrogen-bond acceptors (Lipinski definition) is 5. The highest BCUT2D eigenvalue weighted by Crippen LogP contribution is 2.17. The lowest BCUT2D eigenvalue weighted by Gasteiger charge is -2.11. The summed E-state index contributed by atoms with van der Waals surface area (Å²) < 4.78 is 6.97. The van der Waals surface area contributed by atoms with Crippen LogP contribution < -0.4 is 5.32 Å². The number of rotatable bonds is 3. The van der Waals surface area contributed by atoms with Crippen LogP contribution in [0.3, 0.4) is 0 Å². The number of ether oxygens (including phenoxy) is 1. The van der Waals surface area contributed by atoms with Gasteiger partial charge in [-0.2, -0.15) is 19.6 Å². The predicted octanol–water partition coefficient (Wildman–Crippen LogP) is 1.23. The molecule has 6 nitrogen and oxygen atoms in total. The van der Waals surface area contributed by atoms with Gasteiger partial charge in [-0.25, -0.2) is 0 Å². The van der Waals surface area contributed by atoms with Gasteiger partial charge in [0.15, 0.2) is 0 Å². The van der Waals surface area contributed by atoms with Gasteiger partial charge in [-0.3, -0.25) is 0 Å². The van der Waals surface area contributed by atoms with E-state index in [1.807, 2.05) is 0 Å². The van der Waals surface area contributed by atoms with Crippen molar-refractivity contribution in [2.45, 2.75) is 6.42 Å². The third-order valence-electron chi connectivity index (χ3n) is 2.82. The van der Waals surface area contributed by atoms with Crippen LogP contribution in [0.1, 0.15) is 6.42 Å². The van der Waals surface area contributed by atoms with Crippen LogP contribution in [-0.4, -0.2) is 39.3 Å². The summed E-state index contributed by atoms with van der Waals surface area (Å²) in [7, 11) is 0. The van der Waals surface area contributed by atoms with Crippen LogP contribution >= 0.6 is 11.6 Å². The Bertz CT molecular complexity index is 522. The van der Waals surface area contributed by atoms with Gasteiger partial charge in [-0.15, -0.1) is 0 Å². The Morgan fingerprint density at radius 1 is 1.59 bits per heavy atom. The standard InChI is InChI=1S/C10H12ClN5O/c11-8-3-9(12-4-7-1-2-17-5-7)16-10(15-8)13-6-14-16/h3,6-7,12H,1-2,4-5H2. The molecule has 3 heterocycles. The summed E-state index contributed by atoms with van der Waals surface area (Å²) in [6.45, 7) is 2.50. The fourth-order valence-electron chi connectivity index (χ4n) is 1.90. The van der Waals surface area contributed by atoms with Gasteiger partial charge in [0.2, 0.25) is 0 Å². The molecule has 0 bridgehead atoms. The van der Waals surface area contributed by atoms with Crippen LogP contribution in [0.25, 0.3) is 5.78 Å². The molecule has 0 aliphatic carbocycles. The van der Waals surface area contributed by atoms with Crippen molar-refractivity contribution in [2.24, 2.45) is 5.92 Å². The molecule has 1 unspecified atom stereocenters. The Hall–Kier alpha value is -1.40. The van der Waals surface area contributed by atoms with Crippen LogP contribution in [0.4, 0.5) is 5.82 Å². The van der Waals surface area contributed by atoms with Gasteiger partial charge < -0.3 is 10.1 Å². The molecule has 1 atom stereocenters. The van der Waals surface area contributed by atoms with Crippen LogP contribution in [0.2, 0.25) is 5.15 Å². The van der Waals surface area contributed by atoms with Crippen LogP contribution in [0, 0.1) is 5.92 Å². The Kier molecular flexibility index (Phi) is 2.82. The van der Waals surface area contributed by atoms with Gasteiger partial charge in [0, 0.05) is 25.1 Å². The van der Waals surface area contributed by atoms with E-state index in [-0.39, 0.29) is 0 Å². The summed E-state index contributed by atoms with van der Waals surface area (Å²) >= 11 is 5.92. The molecule has 0 radical (unpaired) electrons. The third-order valence-corrected chi connectivity index (χ3v) is 3.01. The van der Waals surface area contributed by atoms with Crippen LogP contribution in [-0.2, 0) is 4.74 Å².